The summed E-state index contributed by atoms with van der Waals surface area (Å²) in [6.45, 7) is 10.2. The summed E-state index contributed by atoms with van der Waals surface area (Å²) in [4.78, 5) is 6.99. The topological polar surface area (TPSA) is 21.8 Å². The fourth-order valence-corrected chi connectivity index (χ4v) is 2.18. The van der Waals surface area contributed by atoms with Crippen LogP contribution in [-0.2, 0) is 0 Å². The zero-order chi connectivity index (χ0) is 15.7. The van der Waals surface area contributed by atoms with E-state index < -0.39 is 0 Å². The van der Waals surface area contributed by atoms with Crippen molar-refractivity contribution >= 4 is 0 Å². The number of rotatable bonds is 11. The molecule has 3 atom stereocenters. The van der Waals surface area contributed by atoms with Gasteiger partial charge in [0.25, 0.3) is 0 Å². The van der Waals surface area contributed by atoms with Gasteiger partial charge in [0.05, 0.1) is 0 Å². The van der Waals surface area contributed by atoms with Crippen LogP contribution < -0.4 is 5.32 Å². The fraction of sp³-hybridized carbons (Fsp3) is 1.00. The molecule has 0 saturated heterocycles. The van der Waals surface area contributed by atoms with Crippen molar-refractivity contribution in [2.24, 2.45) is 0 Å². The van der Waals surface area contributed by atoms with Crippen LogP contribution in [0, 0.1) is 0 Å². The third-order valence-electron chi connectivity index (χ3n) is 4.38. The molecule has 1 N–H and O–H groups in total. The predicted molar refractivity (Wildman–Crippen MR) is 90.5 cm³/mol. The van der Waals surface area contributed by atoms with Crippen molar-refractivity contribution in [3.8, 4) is 0 Å². The second kappa shape index (κ2) is 10.6. The van der Waals surface area contributed by atoms with E-state index in [1.807, 2.05) is 0 Å². The first-order valence-electron chi connectivity index (χ1n) is 8.02. The summed E-state index contributed by atoms with van der Waals surface area (Å²) < 4.78 is 0. The van der Waals surface area contributed by atoms with Gasteiger partial charge in [-0.1, -0.05) is 6.92 Å². The number of hydrogen-bond donors (Lipinski definition) is 1. The number of nitrogens with one attached hydrogen (secondary N) is 1. The van der Waals surface area contributed by atoms with Gasteiger partial charge < -0.3 is 20.0 Å². The summed E-state index contributed by atoms with van der Waals surface area (Å²) in [5, 5.41) is 3.71. The van der Waals surface area contributed by atoms with Gasteiger partial charge in [0.2, 0.25) is 0 Å². The molecule has 0 fully saturated rings. The highest BCUT2D eigenvalue weighted by atomic mass is 15.2. The maximum absolute atomic E-state index is 3.71. The van der Waals surface area contributed by atoms with Crippen LogP contribution >= 0.6 is 0 Å². The second-order valence-corrected chi connectivity index (χ2v) is 6.68. The molecule has 0 radical (unpaired) electrons. The highest BCUT2D eigenvalue weighted by molar-refractivity contribution is 4.73. The Balaban J connectivity index is 3.89. The molecule has 0 aromatic heterocycles. The van der Waals surface area contributed by atoms with E-state index in [0.29, 0.717) is 18.1 Å². The van der Waals surface area contributed by atoms with Crippen LogP contribution in [0.25, 0.3) is 0 Å². The van der Waals surface area contributed by atoms with Crippen molar-refractivity contribution in [1.29, 1.82) is 0 Å². The smallest absolute Gasteiger partial charge is 0.0188 e. The van der Waals surface area contributed by atoms with Crippen LogP contribution in [-0.4, -0.2) is 87.7 Å². The Labute approximate surface area is 127 Å². The van der Waals surface area contributed by atoms with E-state index in [4.69, 9.17) is 0 Å². The minimum Gasteiger partial charge on any atom is -0.313 e. The molecule has 0 aliphatic rings. The summed E-state index contributed by atoms with van der Waals surface area (Å²) in [6.07, 6.45) is 2.43. The summed E-state index contributed by atoms with van der Waals surface area (Å²) >= 11 is 0. The summed E-state index contributed by atoms with van der Waals surface area (Å²) in [5.74, 6) is 0. The zero-order valence-electron chi connectivity index (χ0n) is 15.1. The average Bonchev–Trinajstić information content (AvgIpc) is 2.36. The molecule has 0 aliphatic carbocycles. The molecule has 0 aromatic rings. The van der Waals surface area contributed by atoms with Crippen molar-refractivity contribution in [3.63, 3.8) is 0 Å². The Bertz CT molecular complexity index is 231. The lowest BCUT2D eigenvalue weighted by Gasteiger charge is -2.28. The van der Waals surface area contributed by atoms with Crippen molar-refractivity contribution in [2.75, 3.05) is 54.9 Å². The highest BCUT2D eigenvalue weighted by Crippen LogP contribution is 2.06. The molecule has 0 saturated carbocycles. The first-order chi connectivity index (χ1) is 9.27. The minimum atomic E-state index is 0.607. The van der Waals surface area contributed by atoms with Crippen molar-refractivity contribution < 1.29 is 0 Å². The molecule has 0 rings (SSSR count). The van der Waals surface area contributed by atoms with E-state index in [9.17, 15) is 0 Å². The largest absolute Gasteiger partial charge is 0.313 e. The lowest BCUT2D eigenvalue weighted by Crippen LogP contribution is -2.42. The van der Waals surface area contributed by atoms with Gasteiger partial charge in [-0.3, -0.25) is 0 Å². The van der Waals surface area contributed by atoms with Gasteiger partial charge in [-0.25, -0.2) is 0 Å². The maximum atomic E-state index is 3.71. The fourth-order valence-electron chi connectivity index (χ4n) is 2.18. The van der Waals surface area contributed by atoms with Gasteiger partial charge in [-0.15, -0.1) is 0 Å². The minimum absolute atomic E-state index is 0.607. The van der Waals surface area contributed by atoms with E-state index in [0.717, 1.165) is 19.6 Å². The SMILES string of the molecule is CCC(CC(C)N(C)C)NCCN(C)CC(C)N(C)C. The molecule has 20 heavy (non-hydrogen) atoms. The Morgan fingerprint density at radius 1 is 0.900 bits per heavy atom. The molecular formula is C16H38N4. The van der Waals surface area contributed by atoms with Crippen molar-refractivity contribution in [3.05, 3.63) is 0 Å². The second-order valence-electron chi connectivity index (χ2n) is 6.68. The van der Waals surface area contributed by atoms with Gasteiger partial charge >= 0.3 is 0 Å². The van der Waals surface area contributed by atoms with E-state index >= 15 is 0 Å². The Kier molecular flexibility index (Phi) is 10.5. The van der Waals surface area contributed by atoms with Crippen molar-refractivity contribution in [1.82, 2.24) is 20.0 Å². The van der Waals surface area contributed by atoms with Crippen molar-refractivity contribution in [2.45, 2.75) is 51.7 Å². The van der Waals surface area contributed by atoms with E-state index in [2.05, 4.69) is 76.0 Å². The number of likely N-dealkylation sites (N-methyl/N-ethyl adjacent to an activating group) is 2. The van der Waals surface area contributed by atoms with Crippen LogP contribution in [0.5, 0.6) is 0 Å². The molecule has 0 aromatic carbocycles. The van der Waals surface area contributed by atoms with Gasteiger partial charge in [0.1, 0.15) is 0 Å². The van der Waals surface area contributed by atoms with Crippen LogP contribution in [0.2, 0.25) is 0 Å². The van der Waals surface area contributed by atoms with Crippen LogP contribution in [0.4, 0.5) is 0 Å². The maximum Gasteiger partial charge on any atom is 0.0188 e. The van der Waals surface area contributed by atoms with E-state index in [1.165, 1.54) is 12.8 Å². The van der Waals surface area contributed by atoms with E-state index in [-0.39, 0.29) is 0 Å². The van der Waals surface area contributed by atoms with Gasteiger partial charge in [0, 0.05) is 37.8 Å². The summed E-state index contributed by atoms with van der Waals surface area (Å²) in [5.41, 5.74) is 0. The van der Waals surface area contributed by atoms with Gasteiger partial charge in [-0.2, -0.15) is 0 Å². The molecule has 4 nitrogen and oxygen atoms in total. The average molecular weight is 287 g/mol. The Morgan fingerprint density at radius 3 is 1.90 bits per heavy atom. The molecule has 122 valence electrons. The van der Waals surface area contributed by atoms with Gasteiger partial charge in [-0.05, 0) is 61.9 Å². The molecule has 0 amide bonds. The lowest BCUT2D eigenvalue weighted by molar-refractivity contribution is 0.215. The molecular weight excluding hydrogens is 248 g/mol. The first-order valence-corrected chi connectivity index (χ1v) is 8.02. The lowest BCUT2D eigenvalue weighted by atomic mass is 10.1. The van der Waals surface area contributed by atoms with Crippen LogP contribution in [0.15, 0.2) is 0 Å². The zero-order valence-corrected chi connectivity index (χ0v) is 15.1. The van der Waals surface area contributed by atoms with Crippen LogP contribution in [0.1, 0.15) is 33.6 Å². The molecule has 3 unspecified atom stereocenters. The number of hydrogen-bond acceptors (Lipinski definition) is 4. The quantitative estimate of drug-likeness (QED) is 0.622. The number of nitrogens with zero attached hydrogens (tertiary/aromatic N) is 3. The third-order valence-corrected chi connectivity index (χ3v) is 4.38. The van der Waals surface area contributed by atoms with Gasteiger partial charge in [0.15, 0.2) is 0 Å². The van der Waals surface area contributed by atoms with Crippen LogP contribution in [0.3, 0.4) is 0 Å². The summed E-state index contributed by atoms with van der Waals surface area (Å²) in [6, 6.07) is 1.88. The summed E-state index contributed by atoms with van der Waals surface area (Å²) in [7, 11) is 10.8. The molecule has 4 heteroatoms. The van der Waals surface area contributed by atoms with E-state index in [1.54, 1.807) is 0 Å². The third kappa shape index (κ3) is 8.90. The Hall–Kier alpha value is -0.160. The first kappa shape index (κ1) is 19.8. The molecule has 0 spiro atoms. The monoisotopic (exact) mass is 286 g/mol. The highest BCUT2D eigenvalue weighted by Gasteiger charge is 2.13. The molecule has 0 aliphatic heterocycles. The Morgan fingerprint density at radius 2 is 1.45 bits per heavy atom. The standard InChI is InChI=1S/C16H38N4/c1-9-16(12-14(2)18(4)5)17-10-11-20(8)13-15(3)19(6)7/h14-17H,9-13H2,1-8H3. The molecule has 0 heterocycles. The molecule has 0 bridgehead atoms. The normalized spacial score (nSPS) is 16.9. The predicted octanol–water partition coefficient (Wildman–Crippen LogP) is 1.58.